The van der Waals surface area contributed by atoms with Crippen molar-refractivity contribution >= 4 is 12.0 Å². The Kier molecular flexibility index (Phi) is 5.48. The highest BCUT2D eigenvalue weighted by Crippen LogP contribution is 2.37. The molecule has 0 saturated carbocycles. The molecule has 1 aliphatic heterocycles. The van der Waals surface area contributed by atoms with E-state index in [9.17, 15) is 31.5 Å². The van der Waals surface area contributed by atoms with Crippen LogP contribution in [0.25, 0.3) is 0 Å². The van der Waals surface area contributed by atoms with Crippen molar-refractivity contribution in [2.45, 2.75) is 12.6 Å². The van der Waals surface area contributed by atoms with E-state index in [1.54, 1.807) is 0 Å². The van der Waals surface area contributed by atoms with E-state index in [0.29, 0.717) is 0 Å². The standard InChI is InChI=1S/C15H15F5N2O3/c16-11-2-1-3-12(17)8(11)4-5-21-14(25)22-6-9(13(23)24)10(7-22)15(18,19)20/h1-3,9-10H,4-7H2,(H,21,25)(H,23,24)/t9-,10-/m1/s1. The highest BCUT2D eigenvalue weighted by molar-refractivity contribution is 5.77. The lowest BCUT2D eigenvalue weighted by molar-refractivity contribution is -0.187. The van der Waals surface area contributed by atoms with Gasteiger partial charge in [0.15, 0.2) is 0 Å². The average molecular weight is 366 g/mol. The zero-order chi connectivity index (χ0) is 18.8. The number of amides is 2. The topological polar surface area (TPSA) is 69.6 Å². The summed E-state index contributed by atoms with van der Waals surface area (Å²) in [5.41, 5.74) is -0.249. The van der Waals surface area contributed by atoms with Crippen LogP contribution in [0.5, 0.6) is 0 Å². The number of hydrogen-bond acceptors (Lipinski definition) is 2. The molecule has 1 heterocycles. The third-order valence-corrected chi connectivity index (χ3v) is 4.06. The molecule has 0 radical (unpaired) electrons. The van der Waals surface area contributed by atoms with Crippen molar-refractivity contribution in [1.29, 1.82) is 0 Å². The summed E-state index contributed by atoms with van der Waals surface area (Å²) >= 11 is 0. The first-order valence-electron chi connectivity index (χ1n) is 7.36. The number of benzene rings is 1. The number of carboxylic acid groups (broad SMARTS) is 1. The fourth-order valence-electron chi connectivity index (χ4n) is 2.73. The number of carbonyl (C=O) groups excluding carboxylic acids is 1. The second-order valence-corrected chi connectivity index (χ2v) is 5.68. The van der Waals surface area contributed by atoms with Gasteiger partial charge in [0.1, 0.15) is 11.6 Å². The smallest absolute Gasteiger partial charge is 0.394 e. The van der Waals surface area contributed by atoms with Crippen LogP contribution in [0.15, 0.2) is 18.2 Å². The van der Waals surface area contributed by atoms with E-state index in [1.165, 1.54) is 6.07 Å². The normalized spacial score (nSPS) is 20.6. The molecule has 1 saturated heterocycles. The third-order valence-electron chi connectivity index (χ3n) is 4.06. The van der Waals surface area contributed by atoms with E-state index in [1.807, 2.05) is 0 Å². The Morgan fingerprint density at radius 3 is 2.28 bits per heavy atom. The molecule has 0 aromatic heterocycles. The number of halogens is 5. The monoisotopic (exact) mass is 366 g/mol. The van der Waals surface area contributed by atoms with Gasteiger partial charge in [0.2, 0.25) is 0 Å². The second kappa shape index (κ2) is 7.24. The molecule has 0 unspecified atom stereocenters. The van der Waals surface area contributed by atoms with E-state index in [-0.39, 0.29) is 18.5 Å². The molecule has 25 heavy (non-hydrogen) atoms. The van der Waals surface area contributed by atoms with Gasteiger partial charge < -0.3 is 15.3 Å². The molecule has 1 aromatic rings. The summed E-state index contributed by atoms with van der Waals surface area (Å²) in [6, 6.07) is 2.37. The molecule has 1 aliphatic rings. The molecule has 2 rings (SSSR count). The summed E-state index contributed by atoms with van der Waals surface area (Å²) < 4.78 is 65.5. The molecule has 2 amide bonds. The summed E-state index contributed by atoms with van der Waals surface area (Å²) in [4.78, 5) is 23.6. The Morgan fingerprint density at radius 1 is 1.20 bits per heavy atom. The lowest BCUT2D eigenvalue weighted by atomic mass is 9.96. The van der Waals surface area contributed by atoms with Crippen molar-refractivity contribution in [1.82, 2.24) is 10.2 Å². The number of carboxylic acids is 1. The summed E-state index contributed by atoms with van der Waals surface area (Å²) in [5, 5.41) is 11.1. The fourth-order valence-corrected chi connectivity index (χ4v) is 2.73. The molecule has 0 spiro atoms. The van der Waals surface area contributed by atoms with Crippen molar-refractivity contribution in [2.75, 3.05) is 19.6 Å². The van der Waals surface area contributed by atoms with Crippen LogP contribution in [0.4, 0.5) is 26.7 Å². The van der Waals surface area contributed by atoms with Crippen LogP contribution in [0.2, 0.25) is 0 Å². The summed E-state index contributed by atoms with van der Waals surface area (Å²) in [5.74, 6) is -7.11. The lowest BCUT2D eigenvalue weighted by Crippen LogP contribution is -2.40. The highest BCUT2D eigenvalue weighted by Gasteiger charge is 2.53. The van der Waals surface area contributed by atoms with E-state index in [0.717, 1.165) is 17.0 Å². The van der Waals surface area contributed by atoms with Crippen molar-refractivity contribution in [3.63, 3.8) is 0 Å². The van der Waals surface area contributed by atoms with E-state index in [2.05, 4.69) is 5.32 Å². The van der Waals surface area contributed by atoms with Crippen molar-refractivity contribution < 1.29 is 36.6 Å². The van der Waals surface area contributed by atoms with Crippen molar-refractivity contribution in [3.8, 4) is 0 Å². The zero-order valence-electron chi connectivity index (χ0n) is 12.8. The Morgan fingerprint density at radius 2 is 1.80 bits per heavy atom. The van der Waals surface area contributed by atoms with Crippen LogP contribution < -0.4 is 5.32 Å². The summed E-state index contributed by atoms with van der Waals surface area (Å²) in [6.45, 7) is -1.57. The molecule has 0 bridgehead atoms. The number of nitrogens with zero attached hydrogens (tertiary/aromatic N) is 1. The van der Waals surface area contributed by atoms with Crippen LogP contribution in [-0.2, 0) is 11.2 Å². The zero-order valence-corrected chi connectivity index (χ0v) is 12.8. The molecular formula is C15H15F5N2O3. The minimum Gasteiger partial charge on any atom is -0.481 e. The van der Waals surface area contributed by atoms with Crippen molar-refractivity contribution in [2.24, 2.45) is 11.8 Å². The molecule has 10 heteroatoms. The number of likely N-dealkylation sites (tertiary alicyclic amines) is 1. The Bertz CT molecular complexity index is 645. The number of urea groups is 1. The minimum atomic E-state index is -4.74. The van der Waals surface area contributed by atoms with Gasteiger partial charge in [-0.15, -0.1) is 0 Å². The fraction of sp³-hybridized carbons (Fsp3) is 0.467. The van der Waals surface area contributed by atoms with Gasteiger partial charge >= 0.3 is 18.2 Å². The molecule has 5 nitrogen and oxygen atoms in total. The largest absolute Gasteiger partial charge is 0.481 e. The van der Waals surface area contributed by atoms with Gasteiger partial charge in [-0.05, 0) is 18.6 Å². The minimum absolute atomic E-state index is 0.191. The first-order chi connectivity index (χ1) is 11.6. The third kappa shape index (κ3) is 4.37. The Balaban J connectivity index is 1.94. The maximum atomic E-state index is 13.4. The molecule has 1 fully saturated rings. The van der Waals surface area contributed by atoms with E-state index in [4.69, 9.17) is 5.11 Å². The number of carbonyl (C=O) groups is 2. The maximum absolute atomic E-state index is 13.4. The van der Waals surface area contributed by atoms with Gasteiger partial charge in [-0.25, -0.2) is 13.6 Å². The molecule has 1 aromatic carbocycles. The number of nitrogens with one attached hydrogen (secondary N) is 1. The summed E-state index contributed by atoms with van der Waals surface area (Å²) in [6.07, 6.45) is -4.93. The van der Waals surface area contributed by atoms with E-state index < -0.39 is 54.7 Å². The lowest BCUT2D eigenvalue weighted by Gasteiger charge is -2.18. The van der Waals surface area contributed by atoms with Gasteiger partial charge in [-0.2, -0.15) is 13.2 Å². The SMILES string of the molecule is O=C(O)[C@@H]1CN(C(=O)NCCc2c(F)cccc2F)C[C@H]1C(F)(F)F. The van der Waals surface area contributed by atoms with Crippen LogP contribution in [0, 0.1) is 23.5 Å². The van der Waals surface area contributed by atoms with Gasteiger partial charge in [0.25, 0.3) is 0 Å². The number of aliphatic carboxylic acids is 1. The molecule has 2 N–H and O–H groups in total. The highest BCUT2D eigenvalue weighted by atomic mass is 19.4. The van der Waals surface area contributed by atoms with Crippen molar-refractivity contribution in [3.05, 3.63) is 35.4 Å². The Labute approximate surface area is 139 Å². The van der Waals surface area contributed by atoms with Gasteiger partial charge in [0.05, 0.1) is 11.8 Å². The molecule has 0 aliphatic carbocycles. The van der Waals surface area contributed by atoms with E-state index >= 15 is 0 Å². The number of rotatable bonds is 4. The first kappa shape index (κ1) is 18.9. The molecular weight excluding hydrogens is 351 g/mol. The first-order valence-corrected chi connectivity index (χ1v) is 7.36. The van der Waals surface area contributed by atoms with Crippen LogP contribution in [0.1, 0.15) is 5.56 Å². The van der Waals surface area contributed by atoms with Crippen LogP contribution >= 0.6 is 0 Å². The van der Waals surface area contributed by atoms with Crippen LogP contribution in [0.3, 0.4) is 0 Å². The summed E-state index contributed by atoms with van der Waals surface area (Å²) in [7, 11) is 0. The molecule has 138 valence electrons. The van der Waals surface area contributed by atoms with Gasteiger partial charge in [-0.1, -0.05) is 6.07 Å². The average Bonchev–Trinajstić information content (AvgIpc) is 2.96. The van der Waals surface area contributed by atoms with Crippen LogP contribution in [-0.4, -0.2) is 47.8 Å². The predicted octanol–water partition coefficient (Wildman–Crippen LogP) is 2.41. The van der Waals surface area contributed by atoms with Gasteiger partial charge in [0, 0.05) is 25.2 Å². The number of hydrogen-bond donors (Lipinski definition) is 2. The quantitative estimate of drug-likeness (QED) is 0.804. The predicted molar refractivity (Wildman–Crippen MR) is 75.7 cm³/mol. The number of alkyl halides is 3. The molecule has 2 atom stereocenters. The Hall–Kier alpha value is -2.39. The van der Waals surface area contributed by atoms with Gasteiger partial charge in [-0.3, -0.25) is 4.79 Å². The maximum Gasteiger partial charge on any atom is 0.394 e. The second-order valence-electron chi connectivity index (χ2n) is 5.68.